The molecule has 2 heterocycles. The fourth-order valence-corrected chi connectivity index (χ4v) is 5.50. The molecule has 3 aliphatic rings. The number of guanidine groups is 1. The standard InChI is InChI=1S/C23H40N4O2/c1-3-4-12-20(28)27-15-8-11-19(17-27)16-23(21(29)26(2)22(24)25-23)14-13-18-9-6-5-7-10-18/h18-19H,3-17H2,1-2H3,(H2,24,25)/t19-,23-/m1/s1. The minimum atomic E-state index is -0.712. The van der Waals surface area contributed by atoms with Gasteiger partial charge in [-0.1, -0.05) is 45.4 Å². The van der Waals surface area contributed by atoms with Crippen molar-refractivity contribution in [1.82, 2.24) is 9.80 Å². The summed E-state index contributed by atoms with van der Waals surface area (Å²) in [5, 5.41) is 0. The molecule has 0 aromatic heterocycles. The van der Waals surface area contributed by atoms with Crippen LogP contribution in [0.2, 0.25) is 0 Å². The number of hydrogen-bond donors (Lipinski definition) is 1. The normalized spacial score (nSPS) is 28.7. The quantitative estimate of drug-likeness (QED) is 0.670. The maximum Gasteiger partial charge on any atom is 0.257 e. The van der Waals surface area contributed by atoms with Crippen LogP contribution in [-0.4, -0.2) is 53.2 Å². The molecule has 0 aromatic rings. The smallest absolute Gasteiger partial charge is 0.257 e. The van der Waals surface area contributed by atoms with Gasteiger partial charge in [0.1, 0.15) is 5.54 Å². The van der Waals surface area contributed by atoms with Gasteiger partial charge in [0.25, 0.3) is 5.91 Å². The summed E-state index contributed by atoms with van der Waals surface area (Å²) >= 11 is 0. The average molecular weight is 405 g/mol. The van der Waals surface area contributed by atoms with Crippen LogP contribution in [0.25, 0.3) is 0 Å². The number of hydrogen-bond acceptors (Lipinski definition) is 4. The first kappa shape index (κ1) is 22.1. The molecule has 2 atom stereocenters. The summed E-state index contributed by atoms with van der Waals surface area (Å²) in [6.07, 6.45) is 13.8. The number of likely N-dealkylation sites (N-methyl/N-ethyl adjacent to an activating group) is 1. The predicted molar refractivity (Wildman–Crippen MR) is 116 cm³/mol. The van der Waals surface area contributed by atoms with Crippen LogP contribution in [0.1, 0.15) is 90.4 Å². The minimum absolute atomic E-state index is 0.0558. The van der Waals surface area contributed by atoms with Gasteiger partial charge in [0.05, 0.1) is 0 Å². The fraction of sp³-hybridized carbons (Fsp3) is 0.870. The third-order valence-corrected chi connectivity index (χ3v) is 7.31. The SMILES string of the molecule is CCCCC(=O)N1CCC[C@H](C[C@@]2(CCC3CCCCC3)N=C(N)N(C)C2=O)C1. The van der Waals surface area contributed by atoms with Gasteiger partial charge >= 0.3 is 0 Å². The first-order valence-electron chi connectivity index (χ1n) is 11.9. The van der Waals surface area contributed by atoms with Crippen molar-refractivity contribution in [3.63, 3.8) is 0 Å². The number of likely N-dealkylation sites (tertiary alicyclic amines) is 1. The van der Waals surface area contributed by atoms with Gasteiger partial charge in [0.2, 0.25) is 5.91 Å². The van der Waals surface area contributed by atoms with E-state index in [-0.39, 0.29) is 11.8 Å². The molecule has 2 fully saturated rings. The van der Waals surface area contributed by atoms with Crippen LogP contribution in [0.15, 0.2) is 4.99 Å². The van der Waals surface area contributed by atoms with E-state index in [1.807, 2.05) is 4.90 Å². The summed E-state index contributed by atoms with van der Waals surface area (Å²) in [7, 11) is 1.74. The Labute approximate surface area is 176 Å². The molecule has 6 heteroatoms. The van der Waals surface area contributed by atoms with E-state index >= 15 is 0 Å². The molecule has 29 heavy (non-hydrogen) atoms. The van der Waals surface area contributed by atoms with Gasteiger partial charge in [-0.15, -0.1) is 0 Å². The zero-order chi connectivity index (χ0) is 20.9. The molecular weight excluding hydrogens is 364 g/mol. The Hall–Kier alpha value is -1.59. The Kier molecular flexibility index (Phi) is 7.58. The largest absolute Gasteiger partial charge is 0.369 e. The second-order valence-electron chi connectivity index (χ2n) is 9.56. The number of piperidine rings is 1. The Morgan fingerprint density at radius 1 is 1.17 bits per heavy atom. The van der Waals surface area contributed by atoms with Crippen molar-refractivity contribution in [2.24, 2.45) is 22.6 Å². The van der Waals surface area contributed by atoms with E-state index < -0.39 is 5.54 Å². The molecule has 3 rings (SSSR count). The Morgan fingerprint density at radius 2 is 1.90 bits per heavy atom. The average Bonchev–Trinajstić information content (AvgIpc) is 2.95. The fourth-order valence-electron chi connectivity index (χ4n) is 5.50. The number of rotatable bonds is 8. The number of carbonyl (C=O) groups excluding carboxylic acids is 2. The van der Waals surface area contributed by atoms with Crippen LogP contribution in [0, 0.1) is 11.8 Å². The molecule has 0 spiro atoms. The van der Waals surface area contributed by atoms with Gasteiger partial charge in [-0.3, -0.25) is 14.5 Å². The number of carbonyl (C=O) groups is 2. The molecule has 2 aliphatic heterocycles. The Balaban J connectivity index is 1.66. The molecule has 0 bridgehead atoms. The minimum Gasteiger partial charge on any atom is -0.369 e. The van der Waals surface area contributed by atoms with Gasteiger partial charge in [-0.05, 0) is 50.4 Å². The van der Waals surface area contributed by atoms with E-state index in [0.717, 1.165) is 58.0 Å². The second-order valence-corrected chi connectivity index (χ2v) is 9.56. The van der Waals surface area contributed by atoms with Crippen molar-refractivity contribution in [2.75, 3.05) is 20.1 Å². The predicted octanol–water partition coefficient (Wildman–Crippen LogP) is 3.69. The zero-order valence-corrected chi connectivity index (χ0v) is 18.5. The molecule has 0 unspecified atom stereocenters. The first-order valence-corrected chi connectivity index (χ1v) is 11.9. The molecule has 0 radical (unpaired) electrons. The lowest BCUT2D eigenvalue weighted by molar-refractivity contribution is -0.134. The molecule has 2 N–H and O–H groups in total. The highest BCUT2D eigenvalue weighted by atomic mass is 16.2. The molecular formula is C23H40N4O2. The zero-order valence-electron chi connectivity index (χ0n) is 18.5. The summed E-state index contributed by atoms with van der Waals surface area (Å²) in [4.78, 5) is 34.0. The Bertz CT molecular complexity index is 614. The lowest BCUT2D eigenvalue weighted by Crippen LogP contribution is -2.46. The van der Waals surface area contributed by atoms with E-state index in [0.29, 0.717) is 24.2 Å². The van der Waals surface area contributed by atoms with E-state index in [9.17, 15) is 9.59 Å². The molecule has 6 nitrogen and oxygen atoms in total. The van der Waals surface area contributed by atoms with E-state index in [1.165, 1.54) is 37.0 Å². The van der Waals surface area contributed by atoms with Crippen LogP contribution in [0.5, 0.6) is 0 Å². The maximum absolute atomic E-state index is 13.2. The number of nitrogens with zero attached hydrogens (tertiary/aromatic N) is 3. The van der Waals surface area contributed by atoms with Crippen molar-refractivity contribution in [3.8, 4) is 0 Å². The third kappa shape index (κ3) is 5.32. The van der Waals surface area contributed by atoms with Crippen LogP contribution in [0.3, 0.4) is 0 Å². The van der Waals surface area contributed by atoms with E-state index in [4.69, 9.17) is 10.7 Å². The van der Waals surface area contributed by atoms with Crippen LogP contribution in [0.4, 0.5) is 0 Å². The second kappa shape index (κ2) is 9.94. The first-order chi connectivity index (χ1) is 13.9. The summed E-state index contributed by atoms with van der Waals surface area (Å²) in [5.74, 6) is 1.72. The summed E-state index contributed by atoms with van der Waals surface area (Å²) < 4.78 is 0. The van der Waals surface area contributed by atoms with Crippen molar-refractivity contribution in [2.45, 2.75) is 95.9 Å². The van der Waals surface area contributed by atoms with Crippen LogP contribution >= 0.6 is 0 Å². The van der Waals surface area contributed by atoms with Crippen molar-refractivity contribution >= 4 is 17.8 Å². The number of amides is 2. The molecule has 1 saturated heterocycles. The van der Waals surface area contributed by atoms with Gasteiger partial charge in [-0.2, -0.15) is 0 Å². The van der Waals surface area contributed by atoms with Gasteiger partial charge in [0.15, 0.2) is 5.96 Å². The molecule has 0 aromatic carbocycles. The van der Waals surface area contributed by atoms with Gasteiger partial charge in [0, 0.05) is 26.6 Å². The Morgan fingerprint density at radius 3 is 2.55 bits per heavy atom. The van der Waals surface area contributed by atoms with Crippen molar-refractivity contribution in [3.05, 3.63) is 0 Å². The summed E-state index contributed by atoms with van der Waals surface area (Å²) in [6, 6.07) is 0. The number of nitrogens with two attached hydrogens (primary N) is 1. The highest BCUT2D eigenvalue weighted by molar-refractivity contribution is 6.06. The molecule has 164 valence electrons. The lowest BCUT2D eigenvalue weighted by Gasteiger charge is -2.37. The monoisotopic (exact) mass is 404 g/mol. The summed E-state index contributed by atoms with van der Waals surface area (Å²) in [6.45, 7) is 3.74. The van der Waals surface area contributed by atoms with Gasteiger partial charge < -0.3 is 10.6 Å². The van der Waals surface area contributed by atoms with Crippen LogP contribution < -0.4 is 5.73 Å². The molecule has 1 aliphatic carbocycles. The lowest BCUT2D eigenvalue weighted by atomic mass is 9.77. The van der Waals surface area contributed by atoms with E-state index in [2.05, 4.69) is 6.92 Å². The highest BCUT2D eigenvalue weighted by Gasteiger charge is 2.48. The highest BCUT2D eigenvalue weighted by Crippen LogP contribution is 2.38. The topological polar surface area (TPSA) is 79.0 Å². The number of unbranched alkanes of at least 4 members (excludes halogenated alkanes) is 1. The van der Waals surface area contributed by atoms with Crippen molar-refractivity contribution in [1.29, 1.82) is 0 Å². The molecule has 1 saturated carbocycles. The van der Waals surface area contributed by atoms with Crippen LogP contribution in [-0.2, 0) is 9.59 Å². The van der Waals surface area contributed by atoms with E-state index in [1.54, 1.807) is 7.05 Å². The number of aliphatic imine (C=N–C) groups is 1. The molecule has 2 amide bonds. The van der Waals surface area contributed by atoms with Crippen molar-refractivity contribution < 1.29 is 9.59 Å². The maximum atomic E-state index is 13.2. The third-order valence-electron chi connectivity index (χ3n) is 7.31. The summed E-state index contributed by atoms with van der Waals surface area (Å²) in [5.41, 5.74) is 5.37. The van der Waals surface area contributed by atoms with Gasteiger partial charge in [-0.25, -0.2) is 4.99 Å².